The summed E-state index contributed by atoms with van der Waals surface area (Å²) >= 11 is 0. The monoisotopic (exact) mass is 350 g/mol. The number of amides is 1. The third-order valence-electron chi connectivity index (χ3n) is 4.36. The molecule has 1 aliphatic rings. The Kier molecular flexibility index (Phi) is 4.08. The van der Waals surface area contributed by atoms with Gasteiger partial charge in [-0.1, -0.05) is 24.3 Å². The molecule has 1 N–H and O–H groups in total. The normalized spacial score (nSPS) is 12.8. The highest BCUT2D eigenvalue weighted by Crippen LogP contribution is 2.31. The van der Waals surface area contributed by atoms with E-state index in [1.807, 2.05) is 30.3 Å². The lowest BCUT2D eigenvalue weighted by Crippen LogP contribution is -2.28. The van der Waals surface area contributed by atoms with E-state index in [1.165, 1.54) is 0 Å². The molecule has 6 heteroatoms. The van der Waals surface area contributed by atoms with Gasteiger partial charge in [0, 0.05) is 19.0 Å². The number of hydrogen-bond acceptors (Lipinski definition) is 4. The molecular formula is C20H18N2O4. The van der Waals surface area contributed by atoms with Gasteiger partial charge in [-0.3, -0.25) is 9.59 Å². The van der Waals surface area contributed by atoms with Crippen molar-refractivity contribution in [3.8, 4) is 11.5 Å². The lowest BCUT2D eigenvalue weighted by molar-refractivity contribution is 0.0779. The van der Waals surface area contributed by atoms with Crippen molar-refractivity contribution in [2.75, 3.05) is 20.3 Å². The van der Waals surface area contributed by atoms with Crippen LogP contribution in [0.4, 0.5) is 0 Å². The van der Waals surface area contributed by atoms with Crippen LogP contribution < -0.4 is 15.0 Å². The Morgan fingerprint density at radius 3 is 2.69 bits per heavy atom. The highest BCUT2D eigenvalue weighted by molar-refractivity contribution is 5.96. The molecule has 0 fully saturated rings. The second-order valence-corrected chi connectivity index (χ2v) is 6.24. The van der Waals surface area contributed by atoms with Crippen molar-refractivity contribution in [1.82, 2.24) is 9.88 Å². The van der Waals surface area contributed by atoms with E-state index in [-0.39, 0.29) is 17.2 Å². The largest absolute Gasteiger partial charge is 0.486 e. The Hall–Kier alpha value is -3.28. The maximum absolute atomic E-state index is 12.7. The second kappa shape index (κ2) is 6.55. The fraction of sp³-hybridized carbons (Fsp3) is 0.200. The minimum Gasteiger partial charge on any atom is -0.486 e. The number of nitrogens with one attached hydrogen (secondary N) is 1. The molecule has 3 aromatic rings. The van der Waals surface area contributed by atoms with Gasteiger partial charge in [-0.25, -0.2) is 0 Å². The summed E-state index contributed by atoms with van der Waals surface area (Å²) in [5.41, 5.74) is 0.932. The van der Waals surface area contributed by atoms with E-state index in [1.54, 1.807) is 30.1 Å². The van der Waals surface area contributed by atoms with Crippen molar-refractivity contribution in [2.45, 2.75) is 6.54 Å². The number of aromatic amines is 1. The quantitative estimate of drug-likeness (QED) is 0.788. The Morgan fingerprint density at radius 2 is 1.85 bits per heavy atom. The Labute approximate surface area is 150 Å². The van der Waals surface area contributed by atoms with E-state index in [2.05, 4.69) is 4.98 Å². The van der Waals surface area contributed by atoms with Crippen molar-refractivity contribution >= 4 is 16.7 Å². The molecule has 0 atom stereocenters. The summed E-state index contributed by atoms with van der Waals surface area (Å²) in [4.78, 5) is 29.2. The molecule has 0 unspecified atom stereocenters. The first-order chi connectivity index (χ1) is 12.6. The topological polar surface area (TPSA) is 71.6 Å². The molecule has 2 aromatic carbocycles. The smallest absolute Gasteiger partial charge is 0.270 e. The molecule has 0 aliphatic carbocycles. The van der Waals surface area contributed by atoms with Crippen LogP contribution in [0.2, 0.25) is 0 Å². The van der Waals surface area contributed by atoms with Gasteiger partial charge in [0.05, 0.1) is 0 Å². The molecule has 0 saturated heterocycles. The SMILES string of the molecule is CN(Cc1ccc2c(c1)OCCO2)C(=O)c1cc2ccccc2c(=O)[nH]1. The molecule has 6 nitrogen and oxygen atoms in total. The summed E-state index contributed by atoms with van der Waals surface area (Å²) in [7, 11) is 1.70. The van der Waals surface area contributed by atoms with E-state index in [0.717, 1.165) is 10.9 Å². The molecule has 0 saturated carbocycles. The van der Waals surface area contributed by atoms with Gasteiger partial charge in [-0.2, -0.15) is 0 Å². The maximum atomic E-state index is 12.7. The summed E-state index contributed by atoms with van der Waals surface area (Å²) in [5, 5.41) is 1.31. The van der Waals surface area contributed by atoms with Gasteiger partial charge in [0.2, 0.25) is 0 Å². The van der Waals surface area contributed by atoms with E-state index < -0.39 is 0 Å². The van der Waals surface area contributed by atoms with Gasteiger partial charge in [-0.15, -0.1) is 0 Å². The zero-order valence-electron chi connectivity index (χ0n) is 14.3. The average Bonchev–Trinajstić information content (AvgIpc) is 2.67. The van der Waals surface area contributed by atoms with Gasteiger partial charge in [0.15, 0.2) is 11.5 Å². The predicted octanol–water partition coefficient (Wildman–Crippen LogP) is 2.57. The van der Waals surface area contributed by atoms with Crippen LogP contribution in [0.25, 0.3) is 10.8 Å². The van der Waals surface area contributed by atoms with Crippen molar-refractivity contribution in [3.63, 3.8) is 0 Å². The van der Waals surface area contributed by atoms with Gasteiger partial charge in [0.25, 0.3) is 11.5 Å². The number of ether oxygens (including phenoxy) is 2. The first-order valence-corrected chi connectivity index (χ1v) is 8.38. The van der Waals surface area contributed by atoms with Crippen molar-refractivity contribution < 1.29 is 14.3 Å². The predicted molar refractivity (Wildman–Crippen MR) is 97.8 cm³/mol. The zero-order valence-corrected chi connectivity index (χ0v) is 14.3. The number of nitrogens with zero attached hydrogens (tertiary/aromatic N) is 1. The fourth-order valence-corrected chi connectivity index (χ4v) is 3.06. The Balaban J connectivity index is 1.57. The molecule has 1 aromatic heterocycles. The van der Waals surface area contributed by atoms with E-state index in [4.69, 9.17) is 9.47 Å². The molecular weight excluding hydrogens is 332 g/mol. The highest BCUT2D eigenvalue weighted by atomic mass is 16.6. The lowest BCUT2D eigenvalue weighted by Gasteiger charge is -2.21. The molecule has 1 aliphatic heterocycles. The number of pyridine rings is 1. The standard InChI is InChI=1S/C20H18N2O4/c1-22(12-13-6-7-17-18(10-13)26-9-8-25-17)20(24)16-11-14-4-2-3-5-15(14)19(23)21-16/h2-7,10-11H,8-9,12H2,1H3,(H,21,23). The van der Waals surface area contributed by atoms with Crippen LogP contribution in [-0.4, -0.2) is 36.1 Å². The van der Waals surface area contributed by atoms with Crippen LogP contribution >= 0.6 is 0 Å². The van der Waals surface area contributed by atoms with Crippen LogP contribution in [0.1, 0.15) is 16.1 Å². The van der Waals surface area contributed by atoms with E-state index in [0.29, 0.717) is 36.6 Å². The number of carbonyl (C=O) groups is 1. The molecule has 0 spiro atoms. The van der Waals surface area contributed by atoms with Crippen LogP contribution in [0, 0.1) is 0 Å². The lowest BCUT2D eigenvalue weighted by atomic mass is 10.1. The molecule has 4 rings (SSSR count). The van der Waals surface area contributed by atoms with Crippen LogP contribution in [0.5, 0.6) is 11.5 Å². The van der Waals surface area contributed by atoms with Crippen LogP contribution in [0.3, 0.4) is 0 Å². The van der Waals surface area contributed by atoms with Gasteiger partial charge in [0.1, 0.15) is 18.9 Å². The van der Waals surface area contributed by atoms with E-state index >= 15 is 0 Å². The third-order valence-corrected chi connectivity index (χ3v) is 4.36. The van der Waals surface area contributed by atoms with E-state index in [9.17, 15) is 9.59 Å². The number of rotatable bonds is 3. The minimum absolute atomic E-state index is 0.247. The summed E-state index contributed by atoms with van der Waals surface area (Å²) < 4.78 is 11.1. The number of H-pyrrole nitrogens is 1. The minimum atomic E-state index is -0.265. The number of benzene rings is 2. The molecule has 2 heterocycles. The highest BCUT2D eigenvalue weighted by Gasteiger charge is 2.17. The van der Waals surface area contributed by atoms with Gasteiger partial charge < -0.3 is 19.4 Å². The number of carbonyl (C=O) groups excluding carboxylic acids is 1. The summed E-state index contributed by atoms with van der Waals surface area (Å²) in [6.45, 7) is 1.45. The Bertz CT molecular complexity index is 1040. The van der Waals surface area contributed by atoms with Crippen LogP contribution in [-0.2, 0) is 6.54 Å². The summed E-state index contributed by atoms with van der Waals surface area (Å²) in [6, 6.07) is 14.5. The summed E-state index contributed by atoms with van der Waals surface area (Å²) in [5.74, 6) is 1.16. The molecule has 132 valence electrons. The third kappa shape index (κ3) is 3.01. The molecule has 0 bridgehead atoms. The van der Waals surface area contributed by atoms with Crippen molar-refractivity contribution in [1.29, 1.82) is 0 Å². The first-order valence-electron chi connectivity index (χ1n) is 8.38. The van der Waals surface area contributed by atoms with Gasteiger partial charge in [-0.05, 0) is 35.2 Å². The maximum Gasteiger partial charge on any atom is 0.270 e. The first kappa shape index (κ1) is 16.2. The van der Waals surface area contributed by atoms with Crippen molar-refractivity contribution in [3.05, 3.63) is 70.1 Å². The number of fused-ring (bicyclic) bond motifs is 2. The summed E-state index contributed by atoms with van der Waals surface area (Å²) in [6.07, 6.45) is 0. The second-order valence-electron chi connectivity index (χ2n) is 6.24. The van der Waals surface area contributed by atoms with Gasteiger partial charge >= 0.3 is 0 Å². The van der Waals surface area contributed by atoms with Crippen LogP contribution in [0.15, 0.2) is 53.3 Å². The molecule has 0 radical (unpaired) electrons. The van der Waals surface area contributed by atoms with Crippen molar-refractivity contribution in [2.24, 2.45) is 0 Å². The Morgan fingerprint density at radius 1 is 1.08 bits per heavy atom. The fourth-order valence-electron chi connectivity index (χ4n) is 3.06. The number of hydrogen-bond donors (Lipinski definition) is 1. The zero-order chi connectivity index (χ0) is 18.1. The number of aromatic nitrogens is 1. The molecule has 1 amide bonds. The molecule has 26 heavy (non-hydrogen) atoms. The average molecular weight is 350 g/mol.